The van der Waals surface area contributed by atoms with Crippen molar-refractivity contribution in [2.75, 3.05) is 21.2 Å². The van der Waals surface area contributed by atoms with E-state index < -0.39 is 0 Å². The van der Waals surface area contributed by atoms with Gasteiger partial charge in [-0.3, -0.25) is 5.11 Å². The lowest BCUT2D eigenvalue weighted by Gasteiger charge is -2.10. The first-order valence-corrected chi connectivity index (χ1v) is 4.12. The van der Waals surface area contributed by atoms with Crippen LogP contribution in [-0.2, 0) is 11.7 Å². The van der Waals surface area contributed by atoms with Crippen LogP contribution < -0.4 is 4.74 Å². The minimum atomic E-state index is -0.0538. The van der Waals surface area contributed by atoms with E-state index in [2.05, 4.69) is 0 Å². The van der Waals surface area contributed by atoms with Crippen LogP contribution in [0.4, 0.5) is 0 Å². The summed E-state index contributed by atoms with van der Waals surface area (Å²) in [7, 11) is 5.44. The van der Waals surface area contributed by atoms with E-state index in [-0.39, 0.29) is 5.75 Å². The second-order valence-electron chi connectivity index (χ2n) is 3.22. The van der Waals surface area contributed by atoms with Crippen LogP contribution in [0.25, 0.3) is 0 Å². The van der Waals surface area contributed by atoms with Gasteiger partial charge in [-0.2, -0.15) is 0 Å². The molecule has 1 radical (unpaired) electrons. The molecule has 1 aromatic carbocycles. The van der Waals surface area contributed by atoms with Gasteiger partial charge >= 0.3 is 0 Å². The largest absolute Gasteiger partial charge is 0.493 e. The van der Waals surface area contributed by atoms with E-state index in [0.717, 1.165) is 12.1 Å². The average Bonchev–Trinajstić information content (AvgIpc) is 2.03. The van der Waals surface area contributed by atoms with Gasteiger partial charge in [0.1, 0.15) is 0 Å². The fourth-order valence-corrected chi connectivity index (χ4v) is 1.18. The van der Waals surface area contributed by atoms with Crippen LogP contribution in [0.1, 0.15) is 5.56 Å². The van der Waals surface area contributed by atoms with Gasteiger partial charge < -0.3 is 9.64 Å². The van der Waals surface area contributed by atoms with Crippen LogP contribution in [0.3, 0.4) is 0 Å². The zero-order valence-electron chi connectivity index (χ0n) is 8.20. The monoisotopic (exact) mass is 180 g/mol. The van der Waals surface area contributed by atoms with E-state index in [9.17, 15) is 5.11 Å². The second-order valence-corrected chi connectivity index (χ2v) is 3.22. The summed E-state index contributed by atoms with van der Waals surface area (Å²) >= 11 is 0. The zero-order valence-corrected chi connectivity index (χ0v) is 8.20. The first kappa shape index (κ1) is 9.86. The Hall–Kier alpha value is -1.22. The van der Waals surface area contributed by atoms with Gasteiger partial charge in [-0.15, -0.1) is 0 Å². The molecule has 0 aliphatic heterocycles. The molecule has 0 unspecified atom stereocenters. The fraction of sp³-hybridized carbons (Fsp3) is 0.400. The SMILES string of the molecule is COc1ccc(CN(C)C)cc1[O]. The lowest BCUT2D eigenvalue weighted by atomic mass is 10.2. The molecule has 0 amide bonds. The minimum Gasteiger partial charge on any atom is -0.493 e. The van der Waals surface area contributed by atoms with Gasteiger partial charge in [0, 0.05) is 6.54 Å². The van der Waals surface area contributed by atoms with E-state index in [0.29, 0.717) is 5.75 Å². The molecular formula is C10H14NO2. The molecule has 0 aliphatic rings. The molecule has 0 aromatic heterocycles. The quantitative estimate of drug-likeness (QED) is 0.711. The molecule has 71 valence electrons. The molecule has 0 heterocycles. The highest BCUT2D eigenvalue weighted by molar-refractivity contribution is 5.41. The first-order valence-electron chi connectivity index (χ1n) is 4.12. The first-order chi connectivity index (χ1) is 6.13. The maximum Gasteiger partial charge on any atom is 0.220 e. The maximum absolute atomic E-state index is 11.3. The van der Waals surface area contributed by atoms with E-state index in [1.54, 1.807) is 12.1 Å². The standard InChI is InChI=1S/C10H14NO2/c1-11(2)7-8-4-5-10(13-3)9(12)6-8/h4-6H,7H2,1-3H3. The predicted molar refractivity (Wildman–Crippen MR) is 50.5 cm³/mol. The van der Waals surface area contributed by atoms with Crippen LogP contribution in [0.2, 0.25) is 0 Å². The third-order valence-corrected chi connectivity index (χ3v) is 1.73. The van der Waals surface area contributed by atoms with Gasteiger partial charge in [-0.05, 0) is 31.8 Å². The molecule has 3 nitrogen and oxygen atoms in total. The van der Waals surface area contributed by atoms with Crippen LogP contribution in [0, 0.1) is 0 Å². The number of rotatable bonds is 3. The Balaban J connectivity index is 2.83. The fourth-order valence-electron chi connectivity index (χ4n) is 1.18. The van der Waals surface area contributed by atoms with Gasteiger partial charge in [0.25, 0.3) is 0 Å². The second kappa shape index (κ2) is 4.14. The van der Waals surface area contributed by atoms with E-state index >= 15 is 0 Å². The van der Waals surface area contributed by atoms with Crippen LogP contribution in [0.15, 0.2) is 18.2 Å². The average molecular weight is 180 g/mol. The van der Waals surface area contributed by atoms with Crippen LogP contribution in [0.5, 0.6) is 11.5 Å². The minimum absolute atomic E-state index is 0.0538. The Morgan fingerprint density at radius 2 is 2.08 bits per heavy atom. The predicted octanol–water partition coefficient (Wildman–Crippen LogP) is 1.90. The molecule has 0 N–H and O–H groups in total. The highest BCUT2D eigenvalue weighted by Crippen LogP contribution is 2.27. The topological polar surface area (TPSA) is 32.4 Å². The Kier molecular flexibility index (Phi) is 3.14. The molecule has 0 fully saturated rings. The van der Waals surface area contributed by atoms with Crippen molar-refractivity contribution in [1.82, 2.24) is 4.90 Å². The van der Waals surface area contributed by atoms with Crippen molar-refractivity contribution in [3.63, 3.8) is 0 Å². The van der Waals surface area contributed by atoms with Crippen molar-refractivity contribution < 1.29 is 9.84 Å². The summed E-state index contributed by atoms with van der Waals surface area (Å²) in [5.41, 5.74) is 1.01. The third kappa shape index (κ3) is 2.63. The molecule has 0 saturated carbocycles. The molecule has 13 heavy (non-hydrogen) atoms. The normalized spacial score (nSPS) is 10.5. The molecule has 0 aliphatic carbocycles. The summed E-state index contributed by atoms with van der Waals surface area (Å²) in [6.45, 7) is 0.777. The summed E-state index contributed by atoms with van der Waals surface area (Å²) in [4.78, 5) is 2.02. The van der Waals surface area contributed by atoms with Crippen LogP contribution in [-0.4, -0.2) is 26.1 Å². The van der Waals surface area contributed by atoms with Gasteiger partial charge in [0.15, 0.2) is 5.75 Å². The number of ether oxygens (including phenoxy) is 1. The molecule has 1 rings (SSSR count). The van der Waals surface area contributed by atoms with Crippen molar-refractivity contribution in [2.45, 2.75) is 6.54 Å². The highest BCUT2D eigenvalue weighted by Gasteiger charge is 2.04. The number of benzene rings is 1. The molecule has 1 aromatic rings. The Bertz CT molecular complexity index is 284. The van der Waals surface area contributed by atoms with Crippen LogP contribution >= 0.6 is 0 Å². The van der Waals surface area contributed by atoms with Crippen molar-refractivity contribution in [1.29, 1.82) is 0 Å². The summed E-state index contributed by atoms with van der Waals surface area (Å²) in [6, 6.07) is 5.22. The molecule has 3 heteroatoms. The summed E-state index contributed by atoms with van der Waals surface area (Å²) < 4.78 is 4.88. The highest BCUT2D eigenvalue weighted by atomic mass is 16.5. The van der Waals surface area contributed by atoms with Gasteiger partial charge in [0.2, 0.25) is 5.75 Å². The Morgan fingerprint density at radius 1 is 1.38 bits per heavy atom. The van der Waals surface area contributed by atoms with Crippen molar-refractivity contribution in [3.8, 4) is 11.5 Å². The van der Waals surface area contributed by atoms with Crippen molar-refractivity contribution >= 4 is 0 Å². The summed E-state index contributed by atoms with van der Waals surface area (Å²) in [5.74, 6) is 0.351. The number of methoxy groups -OCH3 is 1. The summed E-state index contributed by atoms with van der Waals surface area (Å²) in [5, 5.41) is 11.3. The van der Waals surface area contributed by atoms with E-state index in [4.69, 9.17) is 4.74 Å². The molecule has 0 saturated heterocycles. The van der Waals surface area contributed by atoms with E-state index in [1.807, 2.05) is 25.1 Å². The number of hydrogen-bond acceptors (Lipinski definition) is 2. The Morgan fingerprint density at radius 3 is 2.54 bits per heavy atom. The number of nitrogens with zero attached hydrogens (tertiary/aromatic N) is 1. The molecular weight excluding hydrogens is 166 g/mol. The van der Waals surface area contributed by atoms with Gasteiger partial charge in [-0.25, -0.2) is 0 Å². The third-order valence-electron chi connectivity index (χ3n) is 1.73. The number of hydrogen-bond donors (Lipinski definition) is 0. The molecule has 0 atom stereocenters. The Labute approximate surface area is 78.6 Å². The van der Waals surface area contributed by atoms with Gasteiger partial charge in [-0.1, -0.05) is 6.07 Å². The van der Waals surface area contributed by atoms with Crippen molar-refractivity contribution in [3.05, 3.63) is 23.8 Å². The molecule has 0 spiro atoms. The van der Waals surface area contributed by atoms with Gasteiger partial charge in [0.05, 0.1) is 7.11 Å². The van der Waals surface area contributed by atoms with Crippen molar-refractivity contribution in [2.24, 2.45) is 0 Å². The maximum atomic E-state index is 11.3. The zero-order chi connectivity index (χ0) is 9.84. The smallest absolute Gasteiger partial charge is 0.220 e. The lowest BCUT2D eigenvalue weighted by molar-refractivity contribution is 0.313. The lowest BCUT2D eigenvalue weighted by Crippen LogP contribution is -2.10. The molecule has 0 bridgehead atoms. The summed E-state index contributed by atoms with van der Waals surface area (Å²) in [6.07, 6.45) is 0. The van der Waals surface area contributed by atoms with E-state index in [1.165, 1.54) is 7.11 Å².